The molecule has 20 heavy (non-hydrogen) atoms. The van der Waals surface area contributed by atoms with Crippen molar-refractivity contribution in [2.75, 3.05) is 5.75 Å². The minimum absolute atomic E-state index is 0.118. The summed E-state index contributed by atoms with van der Waals surface area (Å²) in [5.41, 5.74) is 2.04. The van der Waals surface area contributed by atoms with Crippen LogP contribution >= 0.6 is 11.3 Å². The third-order valence-electron chi connectivity index (χ3n) is 2.64. The van der Waals surface area contributed by atoms with E-state index in [4.69, 9.17) is 0 Å². The minimum Gasteiger partial charge on any atom is -0.350 e. The van der Waals surface area contributed by atoms with Gasteiger partial charge in [0.05, 0.1) is 6.54 Å². The van der Waals surface area contributed by atoms with Gasteiger partial charge in [0.25, 0.3) is 0 Å². The van der Waals surface area contributed by atoms with Crippen LogP contribution in [-0.2, 0) is 22.1 Å². The summed E-state index contributed by atoms with van der Waals surface area (Å²) >= 11 is 1.59. The van der Waals surface area contributed by atoms with Crippen molar-refractivity contribution < 1.29 is 9.00 Å². The lowest BCUT2D eigenvalue weighted by molar-refractivity contribution is -0.118. The summed E-state index contributed by atoms with van der Waals surface area (Å²) in [5, 5.41) is 4.93. The summed E-state index contributed by atoms with van der Waals surface area (Å²) < 4.78 is 11.9. The number of hydrogen-bond donors (Lipinski definition) is 1. The number of carbonyl (C=O) groups is 1. The second kappa shape index (κ2) is 6.71. The zero-order valence-electron chi connectivity index (χ0n) is 11.3. The largest absolute Gasteiger partial charge is 0.350 e. The van der Waals surface area contributed by atoms with Crippen molar-refractivity contribution in [2.24, 2.45) is 0 Å². The summed E-state index contributed by atoms with van der Waals surface area (Å²) in [5.74, 6) is -0.381. The maximum Gasteiger partial charge on any atom is 0.233 e. The van der Waals surface area contributed by atoms with Gasteiger partial charge in [0.2, 0.25) is 11.1 Å². The maximum atomic E-state index is 11.9. The number of nitrogens with one attached hydrogen (secondary N) is 1. The summed E-state index contributed by atoms with van der Waals surface area (Å²) in [6, 6.07) is 2.00. The number of amides is 1. The fourth-order valence-electron chi connectivity index (χ4n) is 1.50. The van der Waals surface area contributed by atoms with Gasteiger partial charge in [0.1, 0.15) is 16.6 Å². The molecule has 0 fully saturated rings. The average molecular weight is 309 g/mol. The Bertz CT molecular complexity index is 623. The van der Waals surface area contributed by atoms with Gasteiger partial charge in [-0.15, -0.1) is 11.3 Å². The van der Waals surface area contributed by atoms with Crippen molar-refractivity contribution in [3.05, 3.63) is 39.8 Å². The van der Waals surface area contributed by atoms with Crippen LogP contribution in [0.2, 0.25) is 0 Å². The van der Waals surface area contributed by atoms with Crippen molar-refractivity contribution >= 4 is 28.0 Å². The number of nitrogens with zero attached hydrogens (tertiary/aromatic N) is 2. The van der Waals surface area contributed by atoms with Crippen LogP contribution in [0.3, 0.4) is 0 Å². The van der Waals surface area contributed by atoms with Gasteiger partial charge in [0, 0.05) is 17.3 Å². The molecule has 2 heterocycles. The highest BCUT2D eigenvalue weighted by Crippen LogP contribution is 2.14. The molecule has 0 unspecified atom stereocenters. The molecule has 0 aliphatic carbocycles. The first-order valence-electron chi connectivity index (χ1n) is 6.03. The van der Waals surface area contributed by atoms with E-state index < -0.39 is 10.8 Å². The zero-order chi connectivity index (χ0) is 14.5. The smallest absolute Gasteiger partial charge is 0.233 e. The molecule has 2 rings (SSSR count). The van der Waals surface area contributed by atoms with Crippen molar-refractivity contribution in [3.8, 4) is 0 Å². The molecule has 0 saturated carbocycles. The van der Waals surface area contributed by atoms with Gasteiger partial charge in [-0.2, -0.15) is 0 Å². The Labute approximate surface area is 123 Å². The Morgan fingerprint density at radius 1 is 1.35 bits per heavy atom. The molecule has 7 heteroatoms. The summed E-state index contributed by atoms with van der Waals surface area (Å²) in [6.45, 7) is 4.31. The van der Waals surface area contributed by atoms with Crippen LogP contribution in [-0.4, -0.2) is 25.8 Å². The monoisotopic (exact) mass is 309 g/mol. The highest BCUT2D eigenvalue weighted by molar-refractivity contribution is 7.85. The molecule has 0 bridgehead atoms. The molecule has 0 spiro atoms. The van der Waals surface area contributed by atoms with E-state index >= 15 is 0 Å². The normalized spacial score (nSPS) is 12.1. The fourth-order valence-corrected chi connectivity index (χ4v) is 3.15. The minimum atomic E-state index is -1.51. The van der Waals surface area contributed by atoms with Gasteiger partial charge in [0.15, 0.2) is 0 Å². The first-order chi connectivity index (χ1) is 9.56. The Morgan fingerprint density at radius 3 is 2.65 bits per heavy atom. The number of rotatable bonds is 5. The predicted octanol–water partition coefficient (Wildman–Crippen LogP) is 1.58. The predicted molar refractivity (Wildman–Crippen MR) is 78.9 cm³/mol. The highest BCUT2D eigenvalue weighted by Gasteiger charge is 2.13. The second-order valence-electron chi connectivity index (χ2n) is 4.34. The van der Waals surface area contributed by atoms with Crippen LogP contribution in [0.5, 0.6) is 0 Å². The molecule has 1 amide bonds. The van der Waals surface area contributed by atoms with E-state index in [0.29, 0.717) is 6.54 Å². The maximum absolute atomic E-state index is 11.9. The molecule has 0 aliphatic heterocycles. The summed E-state index contributed by atoms with van der Waals surface area (Å²) in [6.07, 6.45) is 3.18. The van der Waals surface area contributed by atoms with E-state index in [9.17, 15) is 9.00 Å². The van der Waals surface area contributed by atoms with E-state index in [2.05, 4.69) is 15.3 Å². The van der Waals surface area contributed by atoms with E-state index in [1.54, 1.807) is 23.7 Å². The third-order valence-corrected chi connectivity index (χ3v) is 4.80. The van der Waals surface area contributed by atoms with Gasteiger partial charge in [-0.25, -0.2) is 9.97 Å². The van der Waals surface area contributed by atoms with Crippen LogP contribution in [0.25, 0.3) is 0 Å². The van der Waals surface area contributed by atoms with Crippen LogP contribution in [0.4, 0.5) is 0 Å². The number of hydrogen-bond acceptors (Lipinski definition) is 5. The van der Waals surface area contributed by atoms with Gasteiger partial charge in [-0.05, 0) is 36.4 Å². The van der Waals surface area contributed by atoms with Crippen molar-refractivity contribution in [2.45, 2.75) is 25.5 Å². The topological polar surface area (TPSA) is 72.0 Å². The van der Waals surface area contributed by atoms with Gasteiger partial charge < -0.3 is 5.32 Å². The van der Waals surface area contributed by atoms with Crippen LogP contribution in [0, 0.1) is 13.8 Å². The molecule has 1 N–H and O–H groups in total. The Kier molecular flexibility index (Phi) is 4.97. The molecule has 0 radical (unpaired) electrons. The van der Waals surface area contributed by atoms with Crippen LogP contribution in [0.1, 0.15) is 16.0 Å². The lowest BCUT2D eigenvalue weighted by Crippen LogP contribution is -2.28. The molecule has 0 aliphatic rings. The van der Waals surface area contributed by atoms with E-state index in [1.165, 1.54) is 0 Å². The standard InChI is InChI=1S/C13H15N3O2S2/c1-9-5-15-13(16-6-9)20(18)8-12(17)14-7-11-10(2)3-4-19-11/h3-6H,7-8H2,1-2H3,(H,14,17)/t20-/m0/s1. The van der Waals surface area contributed by atoms with E-state index in [-0.39, 0.29) is 16.8 Å². The third kappa shape index (κ3) is 3.94. The Balaban J connectivity index is 1.86. The molecule has 0 saturated heterocycles. The van der Waals surface area contributed by atoms with Crippen LogP contribution in [0.15, 0.2) is 29.0 Å². The number of carbonyl (C=O) groups excluding carboxylic acids is 1. The number of aromatic nitrogens is 2. The summed E-state index contributed by atoms with van der Waals surface area (Å²) in [4.78, 5) is 20.8. The SMILES string of the molecule is Cc1cnc([S@@](=O)CC(=O)NCc2sccc2C)nc1. The second-order valence-corrected chi connectivity index (χ2v) is 6.68. The molecule has 0 aromatic carbocycles. The first-order valence-corrected chi connectivity index (χ1v) is 8.23. The molecular weight excluding hydrogens is 294 g/mol. The Hall–Kier alpha value is -1.60. The van der Waals surface area contributed by atoms with Crippen molar-refractivity contribution in [1.82, 2.24) is 15.3 Å². The summed E-state index contributed by atoms with van der Waals surface area (Å²) in [7, 11) is -1.51. The molecule has 2 aromatic rings. The van der Waals surface area contributed by atoms with Crippen LogP contribution < -0.4 is 5.32 Å². The van der Waals surface area contributed by atoms with Gasteiger partial charge in [-0.1, -0.05) is 0 Å². The lowest BCUT2D eigenvalue weighted by Gasteiger charge is -2.04. The molecule has 106 valence electrons. The van der Waals surface area contributed by atoms with Crippen molar-refractivity contribution in [3.63, 3.8) is 0 Å². The van der Waals surface area contributed by atoms with Gasteiger partial charge in [-0.3, -0.25) is 9.00 Å². The van der Waals surface area contributed by atoms with Crippen molar-refractivity contribution in [1.29, 1.82) is 0 Å². The Morgan fingerprint density at radius 2 is 2.05 bits per heavy atom. The first kappa shape index (κ1) is 14.8. The van der Waals surface area contributed by atoms with E-state index in [1.807, 2.05) is 25.3 Å². The van der Waals surface area contributed by atoms with Gasteiger partial charge >= 0.3 is 0 Å². The number of thiophene rings is 1. The number of aryl methyl sites for hydroxylation is 2. The molecule has 2 aromatic heterocycles. The van der Waals surface area contributed by atoms with E-state index in [0.717, 1.165) is 16.0 Å². The molecule has 5 nitrogen and oxygen atoms in total. The average Bonchev–Trinajstić information content (AvgIpc) is 2.82. The molecule has 1 atom stereocenters. The highest BCUT2D eigenvalue weighted by atomic mass is 32.2. The fraction of sp³-hybridized carbons (Fsp3) is 0.308. The quantitative estimate of drug-likeness (QED) is 0.851. The zero-order valence-corrected chi connectivity index (χ0v) is 12.9. The lowest BCUT2D eigenvalue weighted by atomic mass is 10.3. The molecular formula is C13H15N3O2S2.